The number of thiazole rings is 1. The molecule has 6 nitrogen and oxygen atoms in total. The van der Waals surface area contributed by atoms with E-state index in [0.29, 0.717) is 5.56 Å². The highest BCUT2D eigenvalue weighted by Gasteiger charge is 2.07. The number of benzene rings is 1. The first-order chi connectivity index (χ1) is 12.0. The van der Waals surface area contributed by atoms with Gasteiger partial charge >= 0.3 is 0 Å². The molecule has 0 spiro atoms. The fraction of sp³-hybridized carbons (Fsp3) is 0.389. The van der Waals surface area contributed by atoms with Crippen LogP contribution in [0.15, 0.2) is 35.6 Å². The van der Waals surface area contributed by atoms with Crippen LogP contribution in [0.3, 0.4) is 0 Å². The topological polar surface area (TPSA) is 66.8 Å². The monoisotopic (exact) mass is 360 g/mol. The molecule has 1 aromatic heterocycles. The summed E-state index contributed by atoms with van der Waals surface area (Å²) in [7, 11) is 0. The number of carbonyl (C=O) groups is 1. The van der Waals surface area contributed by atoms with Gasteiger partial charge in [0.25, 0.3) is 5.91 Å². The summed E-state index contributed by atoms with van der Waals surface area (Å²) in [6, 6.07) is 6.98. The van der Waals surface area contributed by atoms with Crippen molar-refractivity contribution in [2.45, 2.75) is 33.8 Å². The minimum atomic E-state index is -0.263. The Morgan fingerprint density at radius 3 is 2.60 bits per heavy atom. The van der Waals surface area contributed by atoms with E-state index >= 15 is 0 Å². The van der Waals surface area contributed by atoms with Gasteiger partial charge in [-0.15, -0.1) is 0 Å². The minimum absolute atomic E-state index is 0.102. The number of nitrogens with zero attached hydrogens (tertiary/aromatic N) is 3. The first-order valence-electron chi connectivity index (χ1n) is 8.34. The average molecular weight is 360 g/mol. The molecule has 0 unspecified atom stereocenters. The molecular formula is C18H24N4O2S. The lowest BCUT2D eigenvalue weighted by atomic mass is 10.2. The van der Waals surface area contributed by atoms with Crippen molar-refractivity contribution in [3.8, 4) is 5.75 Å². The molecule has 0 fully saturated rings. The van der Waals surface area contributed by atoms with Crippen molar-refractivity contribution in [1.29, 1.82) is 0 Å². The molecule has 1 heterocycles. The van der Waals surface area contributed by atoms with Crippen LogP contribution in [-0.2, 0) is 0 Å². The molecule has 0 bridgehead atoms. The molecular weight excluding hydrogens is 336 g/mol. The second-order valence-electron chi connectivity index (χ2n) is 5.61. The lowest BCUT2D eigenvalue weighted by Gasteiger charge is -2.16. The van der Waals surface area contributed by atoms with Gasteiger partial charge in [0.05, 0.1) is 17.2 Å². The smallest absolute Gasteiger partial charge is 0.271 e. The van der Waals surface area contributed by atoms with E-state index in [1.54, 1.807) is 48.0 Å². The van der Waals surface area contributed by atoms with Gasteiger partial charge in [0, 0.05) is 24.8 Å². The van der Waals surface area contributed by atoms with Crippen molar-refractivity contribution < 1.29 is 9.53 Å². The average Bonchev–Trinajstić information content (AvgIpc) is 3.05. The summed E-state index contributed by atoms with van der Waals surface area (Å²) in [6.45, 7) is 9.93. The molecule has 2 aromatic rings. The van der Waals surface area contributed by atoms with Crippen LogP contribution in [0.1, 0.15) is 42.9 Å². The Balaban J connectivity index is 1.92. The quantitative estimate of drug-likeness (QED) is 0.577. The van der Waals surface area contributed by atoms with Gasteiger partial charge in [-0.25, -0.2) is 10.4 Å². The van der Waals surface area contributed by atoms with Crippen molar-refractivity contribution in [2.24, 2.45) is 5.10 Å². The summed E-state index contributed by atoms with van der Waals surface area (Å²) in [6.07, 6.45) is 3.47. The summed E-state index contributed by atoms with van der Waals surface area (Å²) < 4.78 is 5.56. The minimum Gasteiger partial charge on any atom is -0.491 e. The van der Waals surface area contributed by atoms with Gasteiger partial charge in [-0.2, -0.15) is 5.10 Å². The van der Waals surface area contributed by atoms with Gasteiger partial charge < -0.3 is 9.64 Å². The third-order valence-electron chi connectivity index (χ3n) is 3.39. The zero-order valence-corrected chi connectivity index (χ0v) is 15.8. The number of nitrogens with one attached hydrogen (secondary N) is 1. The highest BCUT2D eigenvalue weighted by molar-refractivity contribution is 7.17. The maximum atomic E-state index is 12.1. The number of ether oxygens (including phenoxy) is 1. The Morgan fingerprint density at radius 2 is 2.00 bits per heavy atom. The third-order valence-corrected chi connectivity index (χ3v) is 4.38. The van der Waals surface area contributed by atoms with Crippen LogP contribution >= 0.6 is 11.3 Å². The van der Waals surface area contributed by atoms with E-state index < -0.39 is 0 Å². The molecule has 0 saturated carbocycles. The van der Waals surface area contributed by atoms with Crippen molar-refractivity contribution in [2.75, 3.05) is 18.0 Å². The molecule has 25 heavy (non-hydrogen) atoms. The molecule has 1 aromatic carbocycles. The van der Waals surface area contributed by atoms with E-state index in [-0.39, 0.29) is 12.0 Å². The summed E-state index contributed by atoms with van der Waals surface area (Å²) in [5.41, 5.74) is 3.06. The number of rotatable bonds is 8. The van der Waals surface area contributed by atoms with E-state index in [1.165, 1.54) is 0 Å². The first kappa shape index (κ1) is 18.9. The highest BCUT2D eigenvalue weighted by atomic mass is 32.1. The van der Waals surface area contributed by atoms with Crippen molar-refractivity contribution >= 4 is 28.6 Å². The number of aromatic nitrogens is 1. The number of carbonyl (C=O) groups excluding carboxylic acids is 1. The van der Waals surface area contributed by atoms with Crippen LogP contribution in [0.4, 0.5) is 5.13 Å². The number of hydrogen-bond donors (Lipinski definition) is 1. The zero-order valence-electron chi connectivity index (χ0n) is 15.0. The summed E-state index contributed by atoms with van der Waals surface area (Å²) in [5.74, 6) is 0.476. The molecule has 0 atom stereocenters. The van der Waals surface area contributed by atoms with Gasteiger partial charge in [-0.3, -0.25) is 4.79 Å². The third kappa shape index (κ3) is 5.56. The van der Waals surface area contributed by atoms with Crippen LogP contribution in [0.2, 0.25) is 0 Å². The van der Waals surface area contributed by atoms with Crippen LogP contribution in [0.5, 0.6) is 5.75 Å². The molecule has 0 saturated heterocycles. The van der Waals surface area contributed by atoms with Crippen LogP contribution in [-0.4, -0.2) is 36.3 Å². The molecule has 0 aliphatic heterocycles. The highest BCUT2D eigenvalue weighted by Crippen LogP contribution is 2.20. The van der Waals surface area contributed by atoms with Crippen molar-refractivity contribution in [3.63, 3.8) is 0 Å². The van der Waals surface area contributed by atoms with Gasteiger partial charge in [0.15, 0.2) is 5.13 Å². The molecule has 1 amide bonds. The Labute approximate surface area is 152 Å². The van der Waals surface area contributed by atoms with Gasteiger partial charge in [0.1, 0.15) is 5.75 Å². The van der Waals surface area contributed by atoms with Crippen LogP contribution in [0, 0.1) is 0 Å². The fourth-order valence-electron chi connectivity index (χ4n) is 2.15. The molecule has 2 rings (SSSR count). The molecule has 0 aliphatic rings. The lowest BCUT2D eigenvalue weighted by molar-refractivity contribution is 0.0955. The number of hydrazone groups is 1. The maximum Gasteiger partial charge on any atom is 0.271 e. The second-order valence-corrected chi connectivity index (χ2v) is 6.65. The normalized spacial score (nSPS) is 11.1. The van der Waals surface area contributed by atoms with E-state index in [2.05, 4.69) is 34.3 Å². The first-order valence-corrected chi connectivity index (χ1v) is 9.16. The van der Waals surface area contributed by atoms with E-state index in [4.69, 9.17) is 4.74 Å². The number of anilines is 1. The number of amides is 1. The van der Waals surface area contributed by atoms with Gasteiger partial charge in [-0.05, 0) is 52.0 Å². The summed E-state index contributed by atoms with van der Waals surface area (Å²) in [5, 5.41) is 4.97. The fourth-order valence-corrected chi connectivity index (χ4v) is 3.07. The SMILES string of the molecule is CCN(CC)c1ncc(/C=N\NC(=O)c2ccc(OC(C)C)cc2)s1. The van der Waals surface area contributed by atoms with Crippen LogP contribution < -0.4 is 15.1 Å². The second kappa shape index (κ2) is 9.17. The predicted molar refractivity (Wildman–Crippen MR) is 103 cm³/mol. The summed E-state index contributed by atoms with van der Waals surface area (Å²) in [4.78, 5) is 19.5. The Bertz CT molecular complexity index is 706. The summed E-state index contributed by atoms with van der Waals surface area (Å²) >= 11 is 1.54. The number of hydrogen-bond acceptors (Lipinski definition) is 6. The van der Waals surface area contributed by atoms with E-state index in [1.807, 2.05) is 13.8 Å². The van der Waals surface area contributed by atoms with Crippen molar-refractivity contribution in [1.82, 2.24) is 10.4 Å². The standard InChI is InChI=1S/C18H24N4O2S/c1-5-22(6-2)18-19-11-16(25-18)12-20-21-17(23)14-7-9-15(10-8-14)24-13(3)4/h7-13H,5-6H2,1-4H3,(H,21,23)/b20-12-. The molecule has 0 radical (unpaired) electrons. The zero-order chi connectivity index (χ0) is 18.2. The van der Waals surface area contributed by atoms with E-state index in [9.17, 15) is 4.79 Å². The Hall–Kier alpha value is -2.41. The largest absolute Gasteiger partial charge is 0.491 e. The van der Waals surface area contributed by atoms with Gasteiger partial charge in [-0.1, -0.05) is 11.3 Å². The van der Waals surface area contributed by atoms with Gasteiger partial charge in [0.2, 0.25) is 0 Å². The Kier molecular flexibility index (Phi) is 6.94. The van der Waals surface area contributed by atoms with E-state index in [0.717, 1.165) is 28.8 Å². The molecule has 1 N–H and O–H groups in total. The van der Waals surface area contributed by atoms with Crippen molar-refractivity contribution in [3.05, 3.63) is 40.9 Å². The maximum absolute atomic E-state index is 12.1. The molecule has 7 heteroatoms. The van der Waals surface area contributed by atoms with Crippen LogP contribution in [0.25, 0.3) is 0 Å². The lowest BCUT2D eigenvalue weighted by Crippen LogP contribution is -2.21. The Morgan fingerprint density at radius 1 is 1.32 bits per heavy atom. The predicted octanol–water partition coefficient (Wildman–Crippen LogP) is 3.54. The molecule has 134 valence electrons. The molecule has 0 aliphatic carbocycles.